The molecule has 0 spiro atoms. The molecule has 50 heavy (non-hydrogen) atoms. The number of nitrogens with zero attached hydrogens (tertiary/aromatic N) is 1. The predicted molar refractivity (Wildman–Crippen MR) is 199 cm³/mol. The van der Waals surface area contributed by atoms with Crippen LogP contribution in [0, 0.1) is 13.8 Å². The Balaban J connectivity index is 1.30. The molecule has 256 valence electrons. The lowest BCUT2D eigenvalue weighted by molar-refractivity contribution is -0.114. The summed E-state index contributed by atoms with van der Waals surface area (Å²) in [5.74, 6) is 0.145. The average Bonchev–Trinajstić information content (AvgIpc) is 3.49. The molecule has 0 unspecified atom stereocenters. The Hall–Kier alpha value is -5.59. The minimum absolute atomic E-state index is 0.0365. The highest BCUT2D eigenvalue weighted by atomic mass is 32.2. The molecule has 3 amide bonds. The van der Waals surface area contributed by atoms with Gasteiger partial charge in [0.25, 0.3) is 11.8 Å². The van der Waals surface area contributed by atoms with Crippen LogP contribution in [0.3, 0.4) is 0 Å². The first-order valence-electron chi connectivity index (χ1n) is 15.4. The highest BCUT2D eigenvalue weighted by Gasteiger charge is 2.19. The normalized spacial score (nSPS) is 11.0. The Kier molecular flexibility index (Phi) is 11.9. The third-order valence-corrected chi connectivity index (χ3v) is 9.27. The van der Waals surface area contributed by atoms with E-state index in [0.29, 0.717) is 39.2 Å². The van der Waals surface area contributed by atoms with Crippen molar-refractivity contribution in [1.29, 1.82) is 0 Å². The molecule has 0 aliphatic carbocycles. The summed E-state index contributed by atoms with van der Waals surface area (Å²) >= 11 is 2.74. The summed E-state index contributed by atoms with van der Waals surface area (Å²) in [4.78, 5) is 46.2. The van der Waals surface area contributed by atoms with E-state index in [2.05, 4.69) is 20.9 Å². The fourth-order valence-electron chi connectivity index (χ4n) is 4.86. The van der Waals surface area contributed by atoms with E-state index < -0.39 is 11.8 Å². The second kappa shape index (κ2) is 16.7. The van der Waals surface area contributed by atoms with Crippen LogP contribution < -0.4 is 30.2 Å². The minimum atomic E-state index is -0.575. The molecule has 0 saturated heterocycles. The van der Waals surface area contributed by atoms with Gasteiger partial charge >= 0.3 is 0 Å². The summed E-state index contributed by atoms with van der Waals surface area (Å²) in [5.41, 5.74) is 4.29. The van der Waals surface area contributed by atoms with Crippen LogP contribution in [-0.4, -0.2) is 49.8 Å². The number of carbonyl (C=O) groups is 3. The Morgan fingerprint density at radius 2 is 1.50 bits per heavy atom. The number of thiazole rings is 1. The van der Waals surface area contributed by atoms with Crippen molar-refractivity contribution in [2.24, 2.45) is 0 Å². The summed E-state index contributed by atoms with van der Waals surface area (Å²) in [6.45, 7) is 4.01. The lowest BCUT2D eigenvalue weighted by atomic mass is 10.1. The summed E-state index contributed by atoms with van der Waals surface area (Å²) in [7, 11) is 4.50. The highest BCUT2D eigenvalue weighted by molar-refractivity contribution is 8.00. The zero-order valence-corrected chi connectivity index (χ0v) is 29.8. The fourth-order valence-corrected chi connectivity index (χ4v) is 6.47. The van der Waals surface area contributed by atoms with Gasteiger partial charge < -0.3 is 30.2 Å². The van der Waals surface area contributed by atoms with E-state index in [4.69, 9.17) is 14.2 Å². The van der Waals surface area contributed by atoms with Crippen molar-refractivity contribution in [3.8, 4) is 28.5 Å². The number of benzene rings is 4. The number of aromatic nitrogens is 1. The molecule has 3 N–H and O–H groups in total. The van der Waals surface area contributed by atoms with Gasteiger partial charge in [-0.2, -0.15) is 0 Å². The molecule has 5 rings (SSSR count). The van der Waals surface area contributed by atoms with Crippen molar-refractivity contribution in [3.05, 3.63) is 118 Å². The molecule has 1 aromatic heterocycles. The van der Waals surface area contributed by atoms with Gasteiger partial charge in [-0.15, -0.1) is 23.1 Å². The first-order valence-corrected chi connectivity index (χ1v) is 17.2. The van der Waals surface area contributed by atoms with E-state index in [1.54, 1.807) is 60.7 Å². The third kappa shape index (κ3) is 9.10. The van der Waals surface area contributed by atoms with Crippen molar-refractivity contribution in [2.75, 3.05) is 37.7 Å². The molecule has 4 aromatic carbocycles. The van der Waals surface area contributed by atoms with E-state index in [-0.39, 0.29) is 17.4 Å². The van der Waals surface area contributed by atoms with Crippen molar-refractivity contribution >= 4 is 57.7 Å². The monoisotopic (exact) mass is 708 g/mol. The summed E-state index contributed by atoms with van der Waals surface area (Å²) in [6.07, 6.45) is 1.50. The maximum absolute atomic E-state index is 13.7. The summed E-state index contributed by atoms with van der Waals surface area (Å²) in [6, 6.07) is 27.1. The molecule has 12 heteroatoms. The molecule has 0 aliphatic heterocycles. The number of amides is 3. The van der Waals surface area contributed by atoms with Crippen LogP contribution in [0.1, 0.15) is 26.4 Å². The van der Waals surface area contributed by atoms with Gasteiger partial charge in [-0.1, -0.05) is 54.1 Å². The van der Waals surface area contributed by atoms with Crippen LogP contribution >= 0.6 is 23.1 Å². The number of nitrogens with one attached hydrogen (secondary N) is 3. The zero-order valence-electron chi connectivity index (χ0n) is 28.2. The van der Waals surface area contributed by atoms with Crippen LogP contribution in [0.25, 0.3) is 17.3 Å². The van der Waals surface area contributed by atoms with Crippen LogP contribution in [0.5, 0.6) is 17.2 Å². The Morgan fingerprint density at radius 3 is 2.20 bits per heavy atom. The number of hydrogen-bond acceptors (Lipinski definition) is 9. The topological polar surface area (TPSA) is 128 Å². The molecule has 10 nitrogen and oxygen atoms in total. The SMILES string of the molecule is COc1cc(OC)c(OC)cc1/C=C(/NC(=O)c1ccccc1)C(=O)Nc1cccc(SCC(=O)Nc2nc(-c3ccc(C)cc3)c(C)s2)c1. The van der Waals surface area contributed by atoms with Gasteiger partial charge in [0.15, 0.2) is 16.6 Å². The molecular weight excluding hydrogens is 673 g/mol. The number of thioether (sulfide) groups is 1. The smallest absolute Gasteiger partial charge is 0.272 e. The van der Waals surface area contributed by atoms with Gasteiger partial charge in [-0.3, -0.25) is 14.4 Å². The Bertz CT molecular complexity index is 2030. The molecule has 0 radical (unpaired) electrons. The zero-order chi connectivity index (χ0) is 35.6. The average molecular weight is 709 g/mol. The number of ether oxygens (including phenoxy) is 3. The van der Waals surface area contributed by atoms with Gasteiger partial charge in [-0.25, -0.2) is 4.98 Å². The largest absolute Gasteiger partial charge is 0.496 e. The number of anilines is 2. The van der Waals surface area contributed by atoms with Crippen LogP contribution in [0.4, 0.5) is 10.8 Å². The van der Waals surface area contributed by atoms with Crippen LogP contribution in [-0.2, 0) is 9.59 Å². The number of rotatable bonds is 13. The van der Waals surface area contributed by atoms with Crippen LogP contribution in [0.2, 0.25) is 0 Å². The van der Waals surface area contributed by atoms with Gasteiger partial charge in [0.2, 0.25) is 5.91 Å². The van der Waals surface area contributed by atoms with Gasteiger partial charge in [0.05, 0.1) is 32.8 Å². The van der Waals surface area contributed by atoms with E-state index in [0.717, 1.165) is 26.6 Å². The predicted octanol–water partition coefficient (Wildman–Crippen LogP) is 7.59. The van der Waals surface area contributed by atoms with Crippen molar-refractivity contribution in [3.63, 3.8) is 0 Å². The third-order valence-electron chi connectivity index (χ3n) is 7.39. The molecule has 0 atom stereocenters. The first-order chi connectivity index (χ1) is 24.2. The van der Waals surface area contributed by atoms with E-state index >= 15 is 0 Å². The Morgan fingerprint density at radius 1 is 0.800 bits per heavy atom. The fraction of sp³-hybridized carbons (Fsp3) is 0.158. The second-order valence-electron chi connectivity index (χ2n) is 10.9. The second-order valence-corrected chi connectivity index (χ2v) is 13.2. The van der Waals surface area contributed by atoms with Crippen molar-refractivity contribution in [2.45, 2.75) is 18.7 Å². The maximum atomic E-state index is 13.7. The number of carbonyl (C=O) groups excluding carboxylic acids is 3. The maximum Gasteiger partial charge on any atom is 0.272 e. The standard InChI is InChI=1S/C38H36N4O6S2/c1-23-14-16-25(17-15-23)35-24(2)50-38(42-35)41-34(43)22-49-29-13-9-12-28(20-29)39-37(45)30(40-36(44)26-10-7-6-8-11-26)18-27-19-32(47-4)33(48-5)21-31(27)46-3/h6-21H,22H2,1-5H3,(H,39,45)(H,40,44)(H,41,42,43)/b30-18+. The molecular formula is C38H36N4O6S2. The first kappa shape index (κ1) is 35.7. The number of aryl methyl sites for hydroxylation is 2. The summed E-state index contributed by atoms with van der Waals surface area (Å²) in [5, 5.41) is 9.03. The van der Waals surface area contributed by atoms with E-state index in [1.165, 1.54) is 50.5 Å². The van der Waals surface area contributed by atoms with Gasteiger partial charge in [0, 0.05) is 38.2 Å². The van der Waals surface area contributed by atoms with E-state index in [1.807, 2.05) is 44.2 Å². The van der Waals surface area contributed by atoms with Crippen LogP contribution in [0.15, 0.2) is 102 Å². The van der Waals surface area contributed by atoms with E-state index in [9.17, 15) is 14.4 Å². The highest BCUT2D eigenvalue weighted by Crippen LogP contribution is 2.36. The Labute approximate surface area is 298 Å². The van der Waals surface area contributed by atoms with Crippen molar-refractivity contribution in [1.82, 2.24) is 10.3 Å². The molecule has 1 heterocycles. The summed E-state index contributed by atoms with van der Waals surface area (Å²) < 4.78 is 16.4. The molecule has 0 bridgehead atoms. The lowest BCUT2D eigenvalue weighted by Gasteiger charge is -2.15. The molecule has 0 saturated carbocycles. The lowest BCUT2D eigenvalue weighted by Crippen LogP contribution is -2.30. The van der Waals surface area contributed by atoms with Gasteiger partial charge in [-0.05, 0) is 56.3 Å². The molecule has 0 fully saturated rings. The quantitative estimate of drug-likeness (QED) is 0.0844. The number of methoxy groups -OCH3 is 3. The molecule has 0 aliphatic rings. The number of hydrogen-bond donors (Lipinski definition) is 3. The van der Waals surface area contributed by atoms with Crippen molar-refractivity contribution < 1.29 is 28.6 Å². The minimum Gasteiger partial charge on any atom is -0.496 e. The molecule has 5 aromatic rings. The van der Waals surface area contributed by atoms with Gasteiger partial charge in [0.1, 0.15) is 11.4 Å².